The van der Waals surface area contributed by atoms with E-state index in [4.69, 9.17) is 14.2 Å². The molecule has 15 heteroatoms. The SMILES string of the molecule is COc1ccc([Si](C)(C)[C@H]2[C@H](CC(=O)N3Cc4ccccc4C[C@H]3CO)O[C@@]3(C(=O)N(Cc4cccc(N5C(=O)CC5OC(C)=O)c4)c4ccc([N+](=O)[O-])cc43)[C@@H]2C)cc1. The number of rotatable bonds is 11. The molecule has 1 unspecified atom stereocenters. The average molecular weight is 833 g/mol. The lowest BCUT2D eigenvalue weighted by Crippen LogP contribution is -2.54. The highest BCUT2D eigenvalue weighted by atomic mass is 28.3. The summed E-state index contributed by atoms with van der Waals surface area (Å²) < 4.78 is 18.0. The second-order valence-corrected chi connectivity index (χ2v) is 21.4. The molecule has 0 radical (unpaired) electrons. The van der Waals surface area contributed by atoms with Crippen LogP contribution in [0.15, 0.2) is 91.0 Å². The van der Waals surface area contributed by atoms with Crippen LogP contribution in [0, 0.1) is 16.0 Å². The van der Waals surface area contributed by atoms with E-state index in [2.05, 4.69) is 13.1 Å². The normalized spacial score (nSPS) is 24.6. The van der Waals surface area contributed by atoms with Crippen molar-refractivity contribution < 1.29 is 43.4 Å². The summed E-state index contributed by atoms with van der Waals surface area (Å²) in [7, 11) is -1.10. The molecule has 60 heavy (non-hydrogen) atoms. The largest absolute Gasteiger partial charge is 0.497 e. The second kappa shape index (κ2) is 15.6. The first-order chi connectivity index (χ1) is 28.7. The molecular formula is C45H48N4O10Si. The molecule has 1 N–H and O–H groups in total. The zero-order valence-electron chi connectivity index (χ0n) is 34.2. The molecule has 3 amide bonds. The van der Waals surface area contributed by atoms with Gasteiger partial charge in [0, 0.05) is 42.8 Å². The van der Waals surface area contributed by atoms with Crippen LogP contribution in [0.5, 0.6) is 5.75 Å². The third-order valence-corrected chi connectivity index (χ3v) is 17.4. The Morgan fingerprint density at radius 1 is 0.983 bits per heavy atom. The van der Waals surface area contributed by atoms with Crippen molar-refractivity contribution in [1.29, 1.82) is 0 Å². The first-order valence-electron chi connectivity index (χ1n) is 20.2. The van der Waals surface area contributed by atoms with Crippen molar-refractivity contribution in [3.8, 4) is 5.75 Å². The van der Waals surface area contributed by atoms with Crippen molar-refractivity contribution in [2.45, 2.75) is 88.8 Å². The maximum Gasteiger partial charge on any atom is 0.304 e. The summed E-state index contributed by atoms with van der Waals surface area (Å²) in [6.07, 6.45) is -1.03. The van der Waals surface area contributed by atoms with Crippen LogP contribution in [0.2, 0.25) is 18.6 Å². The number of hydrogen-bond donors (Lipinski definition) is 1. The number of esters is 1. The van der Waals surface area contributed by atoms with E-state index in [1.807, 2.05) is 61.5 Å². The lowest BCUT2D eigenvalue weighted by molar-refractivity contribution is -0.385. The van der Waals surface area contributed by atoms with E-state index in [0.717, 1.165) is 16.3 Å². The highest BCUT2D eigenvalue weighted by molar-refractivity contribution is 6.91. The monoisotopic (exact) mass is 832 g/mol. The molecule has 0 aromatic heterocycles. The Morgan fingerprint density at radius 2 is 1.72 bits per heavy atom. The predicted octanol–water partition coefficient (Wildman–Crippen LogP) is 5.33. The number of non-ortho nitro benzene ring substituents is 1. The minimum absolute atomic E-state index is 0.0362. The highest BCUT2D eigenvalue weighted by Gasteiger charge is 2.67. The summed E-state index contributed by atoms with van der Waals surface area (Å²) >= 11 is 0. The summed E-state index contributed by atoms with van der Waals surface area (Å²) in [6.45, 7) is 7.77. The van der Waals surface area contributed by atoms with Gasteiger partial charge in [-0.1, -0.05) is 73.7 Å². The maximum atomic E-state index is 15.4. The summed E-state index contributed by atoms with van der Waals surface area (Å²) in [5.74, 6) is -1.21. The number of aliphatic hydroxyl groups excluding tert-OH is 1. The lowest BCUT2D eigenvalue weighted by Gasteiger charge is -2.39. The summed E-state index contributed by atoms with van der Waals surface area (Å²) in [6, 6.07) is 26.7. The zero-order valence-corrected chi connectivity index (χ0v) is 35.2. The number of carbonyl (C=O) groups excluding carboxylic acids is 4. The van der Waals surface area contributed by atoms with Crippen LogP contribution in [0.4, 0.5) is 17.1 Å². The van der Waals surface area contributed by atoms with Gasteiger partial charge >= 0.3 is 5.97 Å². The third-order valence-electron chi connectivity index (χ3n) is 13.0. The number of β-lactam (4-membered cyclic amide) rings is 1. The van der Waals surface area contributed by atoms with Gasteiger partial charge in [0.1, 0.15) is 5.75 Å². The fourth-order valence-electron chi connectivity index (χ4n) is 10.1. The fraction of sp³-hybridized carbons (Fsp3) is 0.378. The van der Waals surface area contributed by atoms with Crippen LogP contribution >= 0.6 is 0 Å². The third kappa shape index (κ3) is 6.83. The second-order valence-electron chi connectivity index (χ2n) is 16.7. The van der Waals surface area contributed by atoms with Crippen molar-refractivity contribution >= 4 is 54.0 Å². The molecule has 4 aromatic rings. The number of nitro groups is 1. The Hall–Kier alpha value is -5.90. The molecule has 4 aromatic carbocycles. The van der Waals surface area contributed by atoms with Crippen LogP contribution in [-0.4, -0.2) is 78.8 Å². The van der Waals surface area contributed by atoms with Gasteiger partial charge in [0.15, 0.2) is 11.8 Å². The predicted molar refractivity (Wildman–Crippen MR) is 224 cm³/mol. The maximum absolute atomic E-state index is 15.4. The van der Waals surface area contributed by atoms with E-state index in [-0.39, 0.29) is 49.0 Å². The van der Waals surface area contributed by atoms with Crippen LogP contribution in [0.1, 0.15) is 48.9 Å². The van der Waals surface area contributed by atoms with E-state index in [1.165, 1.54) is 24.0 Å². The molecule has 1 spiro atoms. The molecule has 0 saturated carbocycles. The summed E-state index contributed by atoms with van der Waals surface area (Å²) in [4.78, 5) is 71.0. The number of nitro benzene ring substituents is 1. The van der Waals surface area contributed by atoms with Gasteiger partial charge in [0.2, 0.25) is 11.8 Å². The van der Waals surface area contributed by atoms with E-state index in [0.29, 0.717) is 41.2 Å². The van der Waals surface area contributed by atoms with Crippen molar-refractivity contribution in [2.75, 3.05) is 23.5 Å². The van der Waals surface area contributed by atoms with Crippen molar-refractivity contribution in [2.24, 2.45) is 5.92 Å². The van der Waals surface area contributed by atoms with Crippen LogP contribution < -0.4 is 19.7 Å². The van der Waals surface area contributed by atoms with Crippen molar-refractivity contribution in [3.63, 3.8) is 0 Å². The Balaban J connectivity index is 1.19. The number of nitrogens with zero attached hydrogens (tertiary/aromatic N) is 4. The molecule has 2 saturated heterocycles. The fourth-order valence-corrected chi connectivity index (χ4v) is 14.1. The number of methoxy groups -OCH3 is 1. The molecule has 4 aliphatic heterocycles. The Kier molecular flexibility index (Phi) is 10.6. The standard InChI is InChI=1S/C45H48N4O10Si/c1-27-43(60(4,5)36-16-14-35(57-3)15-17-36)39(22-40(52)46-25-31-11-7-6-10-30(31)20-34(46)26-50)59-45(27)37-21-33(49(55)56)13-18-38(37)47(44(45)54)24-29-9-8-12-32(19-29)48-41(53)23-42(48)58-28(2)51/h6-19,21,27,34,39,42-43,50H,20,22-26H2,1-5H3/t27-,34+,39+,42?,43-,45+/m1/s1. The number of anilines is 2. The smallest absolute Gasteiger partial charge is 0.304 e. The zero-order chi connectivity index (χ0) is 42.7. The van der Waals surface area contributed by atoms with Gasteiger partial charge in [-0.2, -0.15) is 0 Å². The van der Waals surface area contributed by atoms with Gasteiger partial charge in [-0.25, -0.2) is 0 Å². The lowest BCUT2D eigenvalue weighted by atomic mass is 9.82. The first-order valence-corrected chi connectivity index (χ1v) is 23.2. The van der Waals surface area contributed by atoms with E-state index in [1.54, 1.807) is 41.2 Å². The Labute approximate surface area is 348 Å². The van der Waals surface area contributed by atoms with Crippen LogP contribution in [0.3, 0.4) is 0 Å². The summed E-state index contributed by atoms with van der Waals surface area (Å²) in [5, 5.41) is 23.9. The van der Waals surface area contributed by atoms with E-state index >= 15 is 4.79 Å². The highest BCUT2D eigenvalue weighted by Crippen LogP contribution is 2.60. The molecule has 14 nitrogen and oxygen atoms in total. The van der Waals surface area contributed by atoms with Crippen LogP contribution in [0.25, 0.3) is 0 Å². The Morgan fingerprint density at radius 3 is 2.38 bits per heavy atom. The minimum Gasteiger partial charge on any atom is -0.497 e. The number of ether oxygens (including phenoxy) is 3. The van der Waals surface area contributed by atoms with Gasteiger partial charge in [0.05, 0.1) is 63.9 Å². The molecule has 0 bridgehead atoms. The molecule has 0 aliphatic carbocycles. The number of fused-ring (bicyclic) bond motifs is 3. The van der Waals surface area contributed by atoms with Crippen molar-refractivity contribution in [1.82, 2.24) is 4.90 Å². The molecule has 312 valence electrons. The first kappa shape index (κ1) is 40.9. The number of amides is 3. The summed E-state index contributed by atoms with van der Waals surface area (Å²) in [5.41, 5.74) is 1.82. The quantitative estimate of drug-likeness (QED) is 0.0686. The van der Waals surface area contributed by atoms with Gasteiger partial charge < -0.3 is 29.1 Å². The van der Waals surface area contributed by atoms with E-state index < -0.39 is 54.8 Å². The van der Waals surface area contributed by atoms with Gasteiger partial charge in [-0.3, -0.25) is 34.2 Å². The Bertz CT molecular complexity index is 2390. The molecule has 8 rings (SSSR count). The number of aliphatic hydroxyl groups is 1. The topological polar surface area (TPSA) is 169 Å². The minimum atomic E-state index is -2.70. The van der Waals surface area contributed by atoms with Crippen molar-refractivity contribution in [3.05, 3.63) is 123 Å². The molecule has 4 aliphatic rings. The number of benzene rings is 4. The van der Waals surface area contributed by atoms with E-state index in [9.17, 15) is 29.6 Å². The van der Waals surface area contributed by atoms with Gasteiger partial charge in [-0.05, 0) is 59.0 Å². The average Bonchev–Trinajstić information content (AvgIpc) is 3.65. The molecule has 6 atom stereocenters. The number of hydrogen-bond acceptors (Lipinski definition) is 10. The van der Waals surface area contributed by atoms with Crippen LogP contribution in [-0.2, 0) is 53.8 Å². The molecule has 4 heterocycles. The van der Waals surface area contributed by atoms with Gasteiger partial charge in [0.25, 0.3) is 11.6 Å². The van der Waals surface area contributed by atoms with Gasteiger partial charge in [-0.15, -0.1) is 0 Å². The molecule has 2 fully saturated rings. The molecular weight excluding hydrogens is 785 g/mol. The number of carbonyl (C=O) groups is 4.